The van der Waals surface area contributed by atoms with Gasteiger partial charge in [0.05, 0.1) is 7.11 Å². The normalized spacial score (nSPS) is 11.2. The topological polar surface area (TPSA) is 104 Å². The maximum Gasteiger partial charge on any atom is 0.150 e. The highest BCUT2D eigenvalue weighted by atomic mass is 16.5. The van der Waals surface area contributed by atoms with Gasteiger partial charge in [0.2, 0.25) is 0 Å². The molecule has 1 aliphatic carbocycles. The number of carbonyl (C=O) groups is 1. The van der Waals surface area contributed by atoms with Crippen molar-refractivity contribution < 1.29 is 9.53 Å². The van der Waals surface area contributed by atoms with Crippen LogP contribution in [0.4, 0.5) is 0 Å². The van der Waals surface area contributed by atoms with Crippen molar-refractivity contribution in [2.75, 3.05) is 28.3 Å². The van der Waals surface area contributed by atoms with Crippen LogP contribution in [0.2, 0.25) is 0 Å². The zero-order chi connectivity index (χ0) is 16.7. The van der Waals surface area contributed by atoms with E-state index in [9.17, 15) is 4.79 Å². The van der Waals surface area contributed by atoms with Crippen LogP contribution in [0.3, 0.4) is 0 Å². The molecule has 2 rings (SSSR count). The average Bonchev–Trinajstić information content (AvgIpc) is 3.14. The van der Waals surface area contributed by atoms with Crippen LogP contribution in [0.5, 0.6) is 5.75 Å². The molecule has 0 saturated carbocycles. The minimum absolute atomic E-state index is 0.219. The predicted molar refractivity (Wildman–Crippen MR) is 89.7 cm³/mol. The van der Waals surface area contributed by atoms with E-state index in [1.807, 2.05) is 24.3 Å². The fourth-order valence-corrected chi connectivity index (χ4v) is 1.72. The van der Waals surface area contributed by atoms with Crippen molar-refractivity contribution in [3.8, 4) is 5.75 Å². The number of benzene rings is 1. The van der Waals surface area contributed by atoms with Crippen LogP contribution in [0.1, 0.15) is 21.8 Å². The summed E-state index contributed by atoms with van der Waals surface area (Å²) in [5.41, 5.74) is 15.2. The van der Waals surface area contributed by atoms with Gasteiger partial charge in [0, 0.05) is 11.5 Å². The van der Waals surface area contributed by atoms with Gasteiger partial charge in [0.15, 0.2) is 0 Å². The molecule has 0 spiro atoms. The Morgan fingerprint density at radius 1 is 1.00 bits per heavy atom. The molecule has 118 valence electrons. The van der Waals surface area contributed by atoms with Crippen molar-refractivity contribution in [2.24, 2.45) is 17.2 Å². The quantitative estimate of drug-likeness (QED) is 0.731. The van der Waals surface area contributed by atoms with E-state index in [0.717, 1.165) is 11.8 Å². The lowest BCUT2D eigenvalue weighted by Gasteiger charge is -2.10. The number of methoxy groups -OCH3 is 1. The monoisotopic (exact) mass is 293 g/mol. The van der Waals surface area contributed by atoms with Crippen LogP contribution in [-0.2, 0) is 0 Å². The van der Waals surface area contributed by atoms with Crippen LogP contribution < -0.4 is 21.9 Å². The molecule has 1 aliphatic rings. The minimum atomic E-state index is 0.219. The van der Waals surface area contributed by atoms with Gasteiger partial charge in [-0.25, -0.2) is 0 Å². The summed E-state index contributed by atoms with van der Waals surface area (Å²) in [6.45, 7) is 0. The van der Waals surface area contributed by atoms with Gasteiger partial charge in [0.25, 0.3) is 0 Å². The van der Waals surface area contributed by atoms with Crippen LogP contribution in [0.15, 0.2) is 42.5 Å². The third-order valence-electron chi connectivity index (χ3n) is 2.53. The molecule has 5 nitrogen and oxygen atoms in total. The maximum absolute atomic E-state index is 10.9. The molecule has 0 radical (unpaired) electrons. The molecule has 0 aliphatic heterocycles. The van der Waals surface area contributed by atoms with Gasteiger partial charge >= 0.3 is 0 Å². The van der Waals surface area contributed by atoms with Gasteiger partial charge in [-0.15, -0.1) is 0 Å². The van der Waals surface area contributed by atoms with E-state index >= 15 is 0 Å². The first-order chi connectivity index (χ1) is 10.3. The van der Waals surface area contributed by atoms with Gasteiger partial charge in [-0.3, -0.25) is 4.79 Å². The highest BCUT2D eigenvalue weighted by Crippen LogP contribution is 2.27. The summed E-state index contributed by atoms with van der Waals surface area (Å²) < 4.78 is 5.08. The fraction of sp³-hybridized carbons (Fsp3) is 0.312. The molecule has 0 heterocycles. The molecule has 0 saturated heterocycles. The smallest absolute Gasteiger partial charge is 0.150 e. The number of allylic oxidation sites excluding steroid dienone is 4. The zero-order valence-electron chi connectivity index (χ0n) is 13.2. The second kappa shape index (κ2) is 14.5. The van der Waals surface area contributed by atoms with Crippen molar-refractivity contribution in [3.05, 3.63) is 53.6 Å². The lowest BCUT2D eigenvalue weighted by atomic mass is 9.96. The van der Waals surface area contributed by atoms with Crippen molar-refractivity contribution in [1.29, 1.82) is 0 Å². The fourth-order valence-electron chi connectivity index (χ4n) is 1.72. The number of hydrogen-bond acceptors (Lipinski definition) is 5. The average molecular weight is 293 g/mol. The van der Waals surface area contributed by atoms with Crippen molar-refractivity contribution >= 4 is 6.29 Å². The molecule has 0 unspecified atom stereocenters. The summed E-state index contributed by atoms with van der Waals surface area (Å²) in [6.07, 6.45) is 8.98. The van der Waals surface area contributed by atoms with Crippen LogP contribution in [0, 0.1) is 0 Å². The third kappa shape index (κ3) is 6.85. The first-order valence-corrected chi connectivity index (χ1v) is 6.56. The number of carbonyl (C=O) groups excluding carboxylic acids is 1. The van der Waals surface area contributed by atoms with Crippen molar-refractivity contribution in [2.45, 2.75) is 5.92 Å². The van der Waals surface area contributed by atoms with E-state index in [0.29, 0.717) is 11.3 Å². The Morgan fingerprint density at radius 3 is 1.95 bits per heavy atom. The first kappa shape index (κ1) is 21.4. The summed E-state index contributed by atoms with van der Waals surface area (Å²) >= 11 is 0. The number of ether oxygens (including phenoxy) is 1. The van der Waals surface area contributed by atoms with E-state index in [-0.39, 0.29) is 5.92 Å². The third-order valence-corrected chi connectivity index (χ3v) is 2.53. The van der Waals surface area contributed by atoms with Crippen molar-refractivity contribution in [1.82, 2.24) is 0 Å². The summed E-state index contributed by atoms with van der Waals surface area (Å²) in [6, 6.07) is 5.58. The Kier molecular flexibility index (Phi) is 14.7. The second-order valence-corrected chi connectivity index (χ2v) is 3.41. The SMILES string of the molecule is CN.CN.CN.COc1ccc(C2C=CC=C2)c(C=O)c1. The Balaban J connectivity index is 0. The molecule has 1 aromatic carbocycles. The summed E-state index contributed by atoms with van der Waals surface area (Å²) in [5, 5.41) is 0. The van der Waals surface area contributed by atoms with E-state index in [1.165, 1.54) is 21.1 Å². The first-order valence-electron chi connectivity index (χ1n) is 6.56. The van der Waals surface area contributed by atoms with E-state index in [4.69, 9.17) is 4.74 Å². The number of nitrogens with two attached hydrogens (primary N) is 3. The lowest BCUT2D eigenvalue weighted by Crippen LogP contribution is -1.97. The van der Waals surface area contributed by atoms with Crippen molar-refractivity contribution in [3.63, 3.8) is 0 Å². The highest BCUT2D eigenvalue weighted by molar-refractivity contribution is 5.79. The maximum atomic E-state index is 10.9. The summed E-state index contributed by atoms with van der Waals surface area (Å²) in [7, 11) is 6.10. The Hall–Kier alpha value is -1.95. The number of aldehydes is 1. The van der Waals surface area contributed by atoms with Crippen LogP contribution >= 0.6 is 0 Å². The van der Waals surface area contributed by atoms with E-state index in [2.05, 4.69) is 29.4 Å². The summed E-state index contributed by atoms with van der Waals surface area (Å²) in [5.74, 6) is 0.933. The molecule has 0 atom stereocenters. The Labute approximate surface area is 127 Å². The van der Waals surface area contributed by atoms with Gasteiger partial charge in [-0.1, -0.05) is 30.4 Å². The second-order valence-electron chi connectivity index (χ2n) is 3.41. The summed E-state index contributed by atoms with van der Waals surface area (Å²) in [4.78, 5) is 10.9. The zero-order valence-corrected chi connectivity index (χ0v) is 13.2. The number of hydrogen-bond donors (Lipinski definition) is 3. The van der Waals surface area contributed by atoms with Crippen LogP contribution in [-0.4, -0.2) is 34.5 Å². The van der Waals surface area contributed by atoms with Gasteiger partial charge in [-0.2, -0.15) is 0 Å². The molecule has 0 aromatic heterocycles. The molecular weight excluding hydrogens is 266 g/mol. The Bertz CT molecular complexity index is 431. The molecule has 0 amide bonds. The van der Waals surface area contributed by atoms with E-state index < -0.39 is 0 Å². The molecule has 6 N–H and O–H groups in total. The number of rotatable bonds is 3. The van der Waals surface area contributed by atoms with Gasteiger partial charge in [0.1, 0.15) is 12.0 Å². The molecule has 5 heteroatoms. The largest absolute Gasteiger partial charge is 0.497 e. The lowest BCUT2D eigenvalue weighted by molar-refractivity contribution is 0.112. The Morgan fingerprint density at radius 2 is 1.52 bits per heavy atom. The standard InChI is InChI=1S/C13H12O2.3CH5N/c1-15-12-6-7-13(11(8-12)9-14)10-4-2-3-5-10;3*1-2/h2-10H,1H3;3*2H2,1H3. The molecular formula is C16H27N3O2. The minimum Gasteiger partial charge on any atom is -0.497 e. The van der Waals surface area contributed by atoms with Crippen LogP contribution in [0.25, 0.3) is 0 Å². The molecule has 0 bridgehead atoms. The van der Waals surface area contributed by atoms with Gasteiger partial charge in [-0.05, 0) is 38.8 Å². The van der Waals surface area contributed by atoms with Gasteiger partial charge < -0.3 is 21.9 Å². The van der Waals surface area contributed by atoms with E-state index in [1.54, 1.807) is 13.2 Å². The molecule has 21 heavy (non-hydrogen) atoms. The highest BCUT2D eigenvalue weighted by Gasteiger charge is 2.12. The predicted octanol–water partition coefficient (Wildman–Crippen LogP) is 1.44. The molecule has 0 fully saturated rings. The molecule has 1 aromatic rings.